The molecule has 3 rings (SSSR count). The molecule has 3 heterocycles. The van der Waals surface area contributed by atoms with Crippen molar-refractivity contribution >= 4 is 0 Å². The third-order valence-corrected chi connectivity index (χ3v) is 4.36. The van der Waals surface area contributed by atoms with Crippen LogP contribution in [0.1, 0.15) is 18.9 Å². The SMILES string of the molecule is Cn1cc(CN2CCC(C)(CN)C2)c(-c2cccnc2)n1. The largest absolute Gasteiger partial charge is 0.330 e. The van der Waals surface area contributed by atoms with Crippen molar-refractivity contribution in [1.82, 2.24) is 19.7 Å². The predicted octanol–water partition coefficient (Wildman–Crippen LogP) is 1.65. The Morgan fingerprint density at radius 3 is 2.95 bits per heavy atom. The Bertz CT molecular complexity index is 606. The van der Waals surface area contributed by atoms with Crippen molar-refractivity contribution in [3.63, 3.8) is 0 Å². The molecule has 2 aromatic heterocycles. The minimum absolute atomic E-state index is 0.261. The summed E-state index contributed by atoms with van der Waals surface area (Å²) in [6, 6.07) is 4.02. The highest BCUT2D eigenvalue weighted by atomic mass is 15.3. The molecule has 21 heavy (non-hydrogen) atoms. The molecule has 0 spiro atoms. The van der Waals surface area contributed by atoms with E-state index in [4.69, 9.17) is 5.73 Å². The third-order valence-electron chi connectivity index (χ3n) is 4.36. The number of rotatable bonds is 4. The first-order valence-corrected chi connectivity index (χ1v) is 7.45. The van der Waals surface area contributed by atoms with E-state index in [-0.39, 0.29) is 5.41 Å². The Balaban J connectivity index is 1.81. The van der Waals surface area contributed by atoms with Gasteiger partial charge in [-0.2, -0.15) is 5.10 Å². The number of hydrogen-bond donors (Lipinski definition) is 1. The molecule has 0 saturated carbocycles. The van der Waals surface area contributed by atoms with Gasteiger partial charge in [-0.15, -0.1) is 0 Å². The molecule has 112 valence electrons. The molecule has 1 fully saturated rings. The number of hydrogen-bond acceptors (Lipinski definition) is 4. The van der Waals surface area contributed by atoms with E-state index in [1.54, 1.807) is 6.20 Å². The van der Waals surface area contributed by atoms with Crippen LogP contribution in [0.3, 0.4) is 0 Å². The smallest absolute Gasteiger partial charge is 0.0983 e. The van der Waals surface area contributed by atoms with Gasteiger partial charge in [0.2, 0.25) is 0 Å². The first-order chi connectivity index (χ1) is 10.1. The monoisotopic (exact) mass is 285 g/mol. The summed E-state index contributed by atoms with van der Waals surface area (Å²) in [7, 11) is 1.97. The van der Waals surface area contributed by atoms with Gasteiger partial charge >= 0.3 is 0 Å². The summed E-state index contributed by atoms with van der Waals surface area (Å²) in [5.74, 6) is 0. The van der Waals surface area contributed by atoms with Crippen molar-refractivity contribution in [1.29, 1.82) is 0 Å². The van der Waals surface area contributed by atoms with Gasteiger partial charge in [0.1, 0.15) is 0 Å². The molecule has 2 aromatic rings. The highest BCUT2D eigenvalue weighted by Crippen LogP contribution is 2.31. The lowest BCUT2D eigenvalue weighted by molar-refractivity contribution is 0.274. The van der Waals surface area contributed by atoms with E-state index < -0.39 is 0 Å². The average Bonchev–Trinajstić information content (AvgIpc) is 3.04. The highest BCUT2D eigenvalue weighted by molar-refractivity contribution is 5.61. The van der Waals surface area contributed by atoms with Crippen LogP contribution in [0.4, 0.5) is 0 Å². The fraction of sp³-hybridized carbons (Fsp3) is 0.500. The molecule has 1 aliphatic heterocycles. The Labute approximate surface area is 125 Å². The number of nitrogens with zero attached hydrogens (tertiary/aromatic N) is 4. The van der Waals surface area contributed by atoms with E-state index in [9.17, 15) is 0 Å². The van der Waals surface area contributed by atoms with Crippen molar-refractivity contribution in [2.24, 2.45) is 18.2 Å². The lowest BCUT2D eigenvalue weighted by atomic mass is 9.90. The van der Waals surface area contributed by atoms with Crippen LogP contribution in [0.15, 0.2) is 30.7 Å². The van der Waals surface area contributed by atoms with Crippen molar-refractivity contribution in [3.05, 3.63) is 36.3 Å². The Hall–Kier alpha value is -1.72. The zero-order chi connectivity index (χ0) is 14.9. The first kappa shape index (κ1) is 14.2. The minimum atomic E-state index is 0.261. The molecule has 5 heteroatoms. The molecule has 0 radical (unpaired) electrons. The molecule has 1 atom stereocenters. The van der Waals surface area contributed by atoms with Crippen LogP contribution < -0.4 is 5.73 Å². The van der Waals surface area contributed by atoms with Gasteiger partial charge in [-0.3, -0.25) is 14.6 Å². The van der Waals surface area contributed by atoms with Gasteiger partial charge in [0, 0.05) is 49.9 Å². The quantitative estimate of drug-likeness (QED) is 0.928. The minimum Gasteiger partial charge on any atom is -0.330 e. The summed E-state index contributed by atoms with van der Waals surface area (Å²) in [6.45, 7) is 6.12. The van der Waals surface area contributed by atoms with Gasteiger partial charge in [0.25, 0.3) is 0 Å². The van der Waals surface area contributed by atoms with Crippen LogP contribution in [-0.4, -0.2) is 39.3 Å². The van der Waals surface area contributed by atoms with E-state index in [1.807, 2.05) is 24.0 Å². The predicted molar refractivity (Wildman–Crippen MR) is 83.5 cm³/mol. The summed E-state index contributed by atoms with van der Waals surface area (Å²) in [6.07, 6.45) is 6.95. The molecule has 1 aliphatic rings. The van der Waals surface area contributed by atoms with Crippen LogP contribution >= 0.6 is 0 Å². The summed E-state index contributed by atoms with van der Waals surface area (Å²) in [5, 5.41) is 4.60. The number of aryl methyl sites for hydroxylation is 1. The van der Waals surface area contributed by atoms with Gasteiger partial charge in [-0.05, 0) is 37.1 Å². The summed E-state index contributed by atoms with van der Waals surface area (Å²) >= 11 is 0. The molecular formula is C16H23N5. The molecule has 0 amide bonds. The van der Waals surface area contributed by atoms with Gasteiger partial charge < -0.3 is 5.73 Å². The molecular weight excluding hydrogens is 262 g/mol. The second-order valence-corrected chi connectivity index (χ2v) is 6.39. The lowest BCUT2D eigenvalue weighted by Gasteiger charge is -2.22. The molecule has 0 bridgehead atoms. The maximum atomic E-state index is 5.90. The average molecular weight is 285 g/mol. The van der Waals surface area contributed by atoms with Gasteiger partial charge in [0.05, 0.1) is 5.69 Å². The van der Waals surface area contributed by atoms with Gasteiger partial charge in [-0.1, -0.05) is 6.92 Å². The van der Waals surface area contributed by atoms with Crippen molar-refractivity contribution in [2.45, 2.75) is 19.9 Å². The van der Waals surface area contributed by atoms with Crippen LogP contribution in [0.5, 0.6) is 0 Å². The third kappa shape index (κ3) is 2.99. The summed E-state index contributed by atoms with van der Waals surface area (Å²) in [5.41, 5.74) is 9.53. The highest BCUT2D eigenvalue weighted by Gasteiger charge is 2.32. The maximum absolute atomic E-state index is 5.90. The number of pyridine rings is 1. The van der Waals surface area contributed by atoms with E-state index in [2.05, 4.69) is 34.2 Å². The summed E-state index contributed by atoms with van der Waals surface area (Å²) < 4.78 is 1.88. The van der Waals surface area contributed by atoms with E-state index in [0.29, 0.717) is 0 Å². The van der Waals surface area contributed by atoms with Crippen molar-refractivity contribution < 1.29 is 0 Å². The molecule has 0 aliphatic carbocycles. The summed E-state index contributed by atoms with van der Waals surface area (Å²) in [4.78, 5) is 6.68. The van der Waals surface area contributed by atoms with Gasteiger partial charge in [0.15, 0.2) is 0 Å². The zero-order valence-electron chi connectivity index (χ0n) is 12.8. The fourth-order valence-corrected chi connectivity index (χ4v) is 3.07. The second kappa shape index (κ2) is 5.58. The topological polar surface area (TPSA) is 60.0 Å². The Morgan fingerprint density at radius 1 is 1.43 bits per heavy atom. The number of aromatic nitrogens is 3. The van der Waals surface area contributed by atoms with Crippen molar-refractivity contribution in [2.75, 3.05) is 19.6 Å². The Morgan fingerprint density at radius 2 is 2.29 bits per heavy atom. The van der Waals surface area contributed by atoms with E-state index in [0.717, 1.165) is 37.4 Å². The zero-order valence-corrected chi connectivity index (χ0v) is 12.8. The number of likely N-dealkylation sites (tertiary alicyclic amines) is 1. The number of nitrogens with two attached hydrogens (primary N) is 1. The molecule has 0 aromatic carbocycles. The molecule has 2 N–H and O–H groups in total. The van der Waals surface area contributed by atoms with E-state index in [1.165, 1.54) is 12.0 Å². The first-order valence-electron chi connectivity index (χ1n) is 7.45. The lowest BCUT2D eigenvalue weighted by Crippen LogP contribution is -2.31. The molecule has 1 saturated heterocycles. The Kier molecular flexibility index (Phi) is 3.78. The van der Waals surface area contributed by atoms with Crippen LogP contribution in [-0.2, 0) is 13.6 Å². The second-order valence-electron chi connectivity index (χ2n) is 6.39. The molecule has 1 unspecified atom stereocenters. The van der Waals surface area contributed by atoms with Gasteiger partial charge in [-0.25, -0.2) is 0 Å². The van der Waals surface area contributed by atoms with Crippen LogP contribution in [0.2, 0.25) is 0 Å². The van der Waals surface area contributed by atoms with E-state index >= 15 is 0 Å². The molecule has 5 nitrogen and oxygen atoms in total. The van der Waals surface area contributed by atoms with Crippen LogP contribution in [0, 0.1) is 5.41 Å². The normalized spacial score (nSPS) is 22.8. The standard InChI is InChI=1S/C16H23N5/c1-16(11-17)5-7-21(12-16)10-14-9-20(2)19-15(14)13-4-3-6-18-8-13/h3-4,6,8-9H,5,7,10-12,17H2,1-2H3. The maximum Gasteiger partial charge on any atom is 0.0983 e. The fourth-order valence-electron chi connectivity index (χ4n) is 3.07. The van der Waals surface area contributed by atoms with Crippen LogP contribution in [0.25, 0.3) is 11.3 Å². The van der Waals surface area contributed by atoms with Crippen molar-refractivity contribution in [3.8, 4) is 11.3 Å².